The number of hydrogen-bond donors (Lipinski definition) is 2. The molecule has 6 heteroatoms. The van der Waals surface area contributed by atoms with Crippen molar-refractivity contribution in [1.82, 2.24) is 24.8 Å². The van der Waals surface area contributed by atoms with Gasteiger partial charge < -0.3 is 19.8 Å². The van der Waals surface area contributed by atoms with Crippen molar-refractivity contribution >= 4 is 28.0 Å². The number of aromatic amines is 1. The molecule has 0 fully saturated rings. The van der Waals surface area contributed by atoms with Gasteiger partial charge >= 0.3 is 6.03 Å². The molecule has 0 aliphatic rings. The molecule has 2 N–H and O–H groups in total. The summed E-state index contributed by atoms with van der Waals surface area (Å²) >= 11 is 0. The van der Waals surface area contributed by atoms with Crippen LogP contribution in [0.4, 0.5) is 4.79 Å². The van der Waals surface area contributed by atoms with Crippen molar-refractivity contribution in [3.63, 3.8) is 0 Å². The Bertz CT molecular complexity index is 1050. The predicted octanol–water partition coefficient (Wildman–Crippen LogP) is 3.36. The van der Waals surface area contributed by atoms with Crippen LogP contribution in [0.3, 0.4) is 0 Å². The molecule has 6 nitrogen and oxygen atoms in total. The lowest BCUT2D eigenvalue weighted by atomic mass is 10.1. The molecule has 0 bridgehead atoms. The molecule has 0 radical (unpaired) electrons. The quantitative estimate of drug-likeness (QED) is 0.581. The van der Waals surface area contributed by atoms with Crippen LogP contribution in [-0.4, -0.2) is 39.1 Å². The third-order valence-electron chi connectivity index (χ3n) is 4.60. The minimum Gasteiger partial charge on any atom is -0.361 e. The fraction of sp³-hybridized carbons (Fsp3) is 0.200. The van der Waals surface area contributed by atoms with Crippen molar-refractivity contribution in [2.24, 2.45) is 0 Å². The fourth-order valence-electron chi connectivity index (χ4n) is 3.22. The molecule has 2 aromatic carbocycles. The Labute approximate surface area is 151 Å². The summed E-state index contributed by atoms with van der Waals surface area (Å²) < 4.78 is 2.05. The molecular formula is C20H21N5O. The van der Waals surface area contributed by atoms with Crippen LogP contribution in [0, 0.1) is 0 Å². The Hall–Kier alpha value is -3.28. The first-order valence-corrected chi connectivity index (χ1v) is 8.66. The molecule has 0 unspecified atom stereocenters. The number of H-pyrrole nitrogens is 1. The van der Waals surface area contributed by atoms with Gasteiger partial charge in [-0.1, -0.05) is 24.3 Å². The van der Waals surface area contributed by atoms with Gasteiger partial charge in [-0.15, -0.1) is 0 Å². The number of rotatable bonds is 5. The zero-order chi connectivity index (χ0) is 17.9. The van der Waals surface area contributed by atoms with Gasteiger partial charge in [0.15, 0.2) is 0 Å². The first-order chi connectivity index (χ1) is 12.7. The van der Waals surface area contributed by atoms with Gasteiger partial charge in [0.2, 0.25) is 0 Å². The van der Waals surface area contributed by atoms with E-state index in [0.29, 0.717) is 19.6 Å². The van der Waals surface area contributed by atoms with E-state index in [4.69, 9.17) is 0 Å². The fourth-order valence-corrected chi connectivity index (χ4v) is 3.22. The summed E-state index contributed by atoms with van der Waals surface area (Å²) in [5.41, 5.74) is 4.26. The number of carbonyl (C=O) groups is 1. The lowest BCUT2D eigenvalue weighted by molar-refractivity contribution is 0.206. The van der Waals surface area contributed by atoms with Crippen LogP contribution >= 0.6 is 0 Å². The van der Waals surface area contributed by atoms with Crippen LogP contribution in [-0.2, 0) is 13.1 Å². The number of benzene rings is 2. The lowest BCUT2D eigenvalue weighted by Gasteiger charge is -2.19. The summed E-state index contributed by atoms with van der Waals surface area (Å²) in [4.78, 5) is 21.7. The number of amides is 2. The molecule has 0 saturated carbocycles. The number of para-hydroxylation sites is 2. The second-order valence-electron chi connectivity index (χ2n) is 6.37. The van der Waals surface area contributed by atoms with Gasteiger partial charge in [-0.2, -0.15) is 0 Å². The molecule has 2 amide bonds. The highest BCUT2D eigenvalue weighted by molar-refractivity contribution is 5.83. The molecule has 0 spiro atoms. The molecule has 4 rings (SSSR count). The summed E-state index contributed by atoms with van der Waals surface area (Å²) in [5, 5.41) is 4.13. The highest BCUT2D eigenvalue weighted by Gasteiger charge is 2.11. The minimum absolute atomic E-state index is 0.0815. The van der Waals surface area contributed by atoms with E-state index in [1.54, 1.807) is 4.90 Å². The van der Waals surface area contributed by atoms with E-state index < -0.39 is 0 Å². The van der Waals surface area contributed by atoms with E-state index in [-0.39, 0.29) is 6.03 Å². The second-order valence-corrected chi connectivity index (χ2v) is 6.37. The van der Waals surface area contributed by atoms with Gasteiger partial charge in [-0.3, -0.25) is 0 Å². The number of aromatic nitrogens is 3. The first-order valence-electron chi connectivity index (χ1n) is 8.66. The Morgan fingerprint density at radius 1 is 1.19 bits per heavy atom. The molecule has 26 heavy (non-hydrogen) atoms. The Morgan fingerprint density at radius 2 is 2.08 bits per heavy atom. The number of imidazole rings is 1. The SMILES string of the molecule is CN(Cc1cccc2[nH]ccc12)C(=O)NCCn1cnc2ccccc21. The highest BCUT2D eigenvalue weighted by Crippen LogP contribution is 2.18. The topological polar surface area (TPSA) is 66.0 Å². The van der Waals surface area contributed by atoms with E-state index in [2.05, 4.69) is 25.9 Å². The maximum Gasteiger partial charge on any atom is 0.317 e. The summed E-state index contributed by atoms with van der Waals surface area (Å²) in [7, 11) is 1.81. The van der Waals surface area contributed by atoms with E-state index in [0.717, 1.165) is 27.5 Å². The predicted molar refractivity (Wildman–Crippen MR) is 103 cm³/mol. The second kappa shape index (κ2) is 6.92. The van der Waals surface area contributed by atoms with Gasteiger partial charge in [0, 0.05) is 43.8 Å². The Balaban J connectivity index is 1.35. The zero-order valence-corrected chi connectivity index (χ0v) is 14.6. The van der Waals surface area contributed by atoms with Gasteiger partial charge in [-0.05, 0) is 29.8 Å². The van der Waals surface area contributed by atoms with Gasteiger partial charge in [0.1, 0.15) is 0 Å². The van der Waals surface area contributed by atoms with Gasteiger partial charge in [-0.25, -0.2) is 9.78 Å². The Morgan fingerprint density at radius 3 is 3.00 bits per heavy atom. The van der Waals surface area contributed by atoms with Crippen molar-refractivity contribution in [1.29, 1.82) is 0 Å². The average molecular weight is 347 g/mol. The molecule has 4 aromatic rings. The van der Waals surface area contributed by atoms with Crippen LogP contribution < -0.4 is 5.32 Å². The molecule has 132 valence electrons. The van der Waals surface area contributed by atoms with Crippen LogP contribution in [0.2, 0.25) is 0 Å². The largest absolute Gasteiger partial charge is 0.361 e. The maximum absolute atomic E-state index is 12.4. The monoisotopic (exact) mass is 347 g/mol. The van der Waals surface area contributed by atoms with Crippen molar-refractivity contribution < 1.29 is 4.79 Å². The molecule has 0 atom stereocenters. The zero-order valence-electron chi connectivity index (χ0n) is 14.6. The normalized spacial score (nSPS) is 11.1. The number of urea groups is 1. The number of nitrogens with zero attached hydrogens (tertiary/aromatic N) is 3. The number of nitrogens with one attached hydrogen (secondary N) is 2. The standard InChI is InChI=1S/C20H21N5O/c1-24(13-15-5-4-7-17-16(15)9-10-21-17)20(26)22-11-12-25-14-23-18-6-2-3-8-19(18)25/h2-10,14,21H,11-13H2,1H3,(H,22,26). The van der Waals surface area contributed by atoms with Crippen LogP contribution in [0.1, 0.15) is 5.56 Å². The number of fused-ring (bicyclic) bond motifs is 2. The summed E-state index contributed by atoms with van der Waals surface area (Å²) in [6.45, 7) is 1.81. The summed E-state index contributed by atoms with van der Waals surface area (Å²) in [6.07, 6.45) is 3.73. The molecule has 2 heterocycles. The summed E-state index contributed by atoms with van der Waals surface area (Å²) in [6, 6.07) is 16.0. The van der Waals surface area contributed by atoms with E-state index in [1.807, 2.05) is 62.0 Å². The molecule has 0 aliphatic heterocycles. The first kappa shape index (κ1) is 16.2. The maximum atomic E-state index is 12.4. The molecule has 0 aliphatic carbocycles. The molecule has 0 saturated heterocycles. The smallest absolute Gasteiger partial charge is 0.317 e. The van der Waals surface area contributed by atoms with Crippen LogP contribution in [0.5, 0.6) is 0 Å². The van der Waals surface area contributed by atoms with Crippen molar-refractivity contribution in [2.75, 3.05) is 13.6 Å². The summed E-state index contributed by atoms with van der Waals surface area (Å²) in [5.74, 6) is 0. The van der Waals surface area contributed by atoms with E-state index in [9.17, 15) is 4.79 Å². The van der Waals surface area contributed by atoms with Crippen molar-refractivity contribution in [3.8, 4) is 0 Å². The van der Waals surface area contributed by atoms with Crippen molar-refractivity contribution in [3.05, 3.63) is 66.6 Å². The van der Waals surface area contributed by atoms with E-state index in [1.165, 1.54) is 0 Å². The molecule has 2 aromatic heterocycles. The van der Waals surface area contributed by atoms with Crippen LogP contribution in [0.15, 0.2) is 61.1 Å². The van der Waals surface area contributed by atoms with E-state index >= 15 is 0 Å². The lowest BCUT2D eigenvalue weighted by Crippen LogP contribution is -2.38. The third-order valence-corrected chi connectivity index (χ3v) is 4.60. The third kappa shape index (κ3) is 3.13. The molecular weight excluding hydrogens is 326 g/mol. The van der Waals surface area contributed by atoms with Crippen LogP contribution in [0.25, 0.3) is 21.9 Å². The van der Waals surface area contributed by atoms with Crippen molar-refractivity contribution in [2.45, 2.75) is 13.1 Å². The minimum atomic E-state index is -0.0815. The highest BCUT2D eigenvalue weighted by atomic mass is 16.2. The Kier molecular flexibility index (Phi) is 4.31. The number of carbonyl (C=O) groups excluding carboxylic acids is 1. The van der Waals surface area contributed by atoms with Gasteiger partial charge in [0.05, 0.1) is 17.4 Å². The average Bonchev–Trinajstić information content (AvgIpc) is 3.29. The van der Waals surface area contributed by atoms with Gasteiger partial charge in [0.25, 0.3) is 0 Å². The number of hydrogen-bond acceptors (Lipinski definition) is 2.